The van der Waals surface area contributed by atoms with Crippen LogP contribution in [0.3, 0.4) is 0 Å². The molecule has 94 valence electrons. The number of benzene rings is 1. The van der Waals surface area contributed by atoms with Crippen molar-refractivity contribution in [3.05, 3.63) is 53.5 Å². The number of halogens is 1. The van der Waals surface area contributed by atoms with Crippen molar-refractivity contribution >= 4 is 27.5 Å². The molecule has 1 amide bonds. The van der Waals surface area contributed by atoms with Gasteiger partial charge in [-0.1, -0.05) is 34.1 Å². The van der Waals surface area contributed by atoms with Crippen LogP contribution < -0.4 is 5.32 Å². The zero-order chi connectivity index (χ0) is 13.1. The van der Waals surface area contributed by atoms with Crippen LogP contribution >= 0.6 is 15.9 Å². The fraction of sp³-hybridized carbons (Fsp3) is 0.214. The average Bonchev–Trinajstić information content (AvgIpc) is 2.76. The minimum atomic E-state index is -0.233. The van der Waals surface area contributed by atoms with Crippen LogP contribution in [0, 0.1) is 6.92 Å². The van der Waals surface area contributed by atoms with Crippen LogP contribution in [0.2, 0.25) is 0 Å². The van der Waals surface area contributed by atoms with Gasteiger partial charge in [-0.25, -0.2) is 0 Å². The summed E-state index contributed by atoms with van der Waals surface area (Å²) in [7, 11) is 0. The van der Waals surface area contributed by atoms with Gasteiger partial charge in [-0.2, -0.15) is 0 Å². The minimum Gasteiger partial charge on any atom is -0.456 e. The van der Waals surface area contributed by atoms with Crippen LogP contribution in [-0.4, -0.2) is 5.91 Å². The van der Waals surface area contributed by atoms with Gasteiger partial charge in [0.25, 0.3) is 5.91 Å². The maximum absolute atomic E-state index is 12.0. The van der Waals surface area contributed by atoms with E-state index in [1.165, 1.54) is 0 Å². The lowest BCUT2D eigenvalue weighted by molar-refractivity contribution is 0.0995. The quantitative estimate of drug-likeness (QED) is 0.859. The first-order valence-corrected chi connectivity index (χ1v) is 6.60. The Morgan fingerprint density at radius 3 is 2.61 bits per heavy atom. The number of hydrogen-bond donors (Lipinski definition) is 1. The molecule has 1 aromatic heterocycles. The Bertz CT molecular complexity index is 560. The van der Waals surface area contributed by atoms with Crippen LogP contribution in [0.4, 0.5) is 5.69 Å². The fourth-order valence-corrected chi connectivity index (χ4v) is 2.10. The predicted octanol–water partition coefficient (Wildman–Crippen LogP) is 4.30. The first-order valence-electron chi connectivity index (χ1n) is 5.68. The number of furan rings is 1. The molecule has 0 aliphatic heterocycles. The number of para-hydroxylation sites is 1. The number of alkyl halides is 1. The van der Waals surface area contributed by atoms with Crippen molar-refractivity contribution in [2.24, 2.45) is 0 Å². The molecular weight excluding hydrogens is 294 g/mol. The molecule has 0 bridgehead atoms. The maximum atomic E-state index is 12.0. The average molecular weight is 308 g/mol. The van der Waals surface area contributed by atoms with Crippen molar-refractivity contribution in [3.8, 4) is 0 Å². The van der Waals surface area contributed by atoms with E-state index in [1.807, 2.05) is 38.1 Å². The van der Waals surface area contributed by atoms with E-state index in [0.29, 0.717) is 5.76 Å². The molecule has 0 saturated heterocycles. The van der Waals surface area contributed by atoms with E-state index in [4.69, 9.17) is 4.42 Å². The normalized spacial score (nSPS) is 12.2. The molecule has 18 heavy (non-hydrogen) atoms. The highest BCUT2D eigenvalue weighted by atomic mass is 79.9. The van der Waals surface area contributed by atoms with Gasteiger partial charge in [-0.05, 0) is 37.6 Å². The molecule has 2 aromatic rings. The van der Waals surface area contributed by atoms with Crippen LogP contribution in [0.1, 0.15) is 33.6 Å². The summed E-state index contributed by atoms with van der Waals surface area (Å²) < 4.78 is 5.29. The Balaban J connectivity index is 2.22. The monoisotopic (exact) mass is 307 g/mol. The first-order chi connectivity index (χ1) is 8.58. The third-order valence-electron chi connectivity index (χ3n) is 2.60. The Labute approximate surface area is 114 Å². The zero-order valence-corrected chi connectivity index (χ0v) is 11.8. The van der Waals surface area contributed by atoms with Gasteiger partial charge in [-0.3, -0.25) is 4.79 Å². The van der Waals surface area contributed by atoms with Crippen LogP contribution in [0.15, 0.2) is 40.8 Å². The van der Waals surface area contributed by atoms with E-state index >= 15 is 0 Å². The van der Waals surface area contributed by atoms with Crippen LogP contribution in [0.25, 0.3) is 0 Å². The fourth-order valence-electron chi connectivity index (χ4n) is 1.70. The molecule has 0 aliphatic carbocycles. The Kier molecular flexibility index (Phi) is 3.87. The zero-order valence-electron chi connectivity index (χ0n) is 10.2. The molecule has 1 N–H and O–H groups in total. The molecule has 1 unspecified atom stereocenters. The highest BCUT2D eigenvalue weighted by Gasteiger charge is 2.13. The molecule has 4 heteroatoms. The summed E-state index contributed by atoms with van der Waals surface area (Å²) in [6, 6.07) is 11.1. The van der Waals surface area contributed by atoms with Gasteiger partial charge >= 0.3 is 0 Å². The predicted molar refractivity (Wildman–Crippen MR) is 75.2 cm³/mol. The van der Waals surface area contributed by atoms with E-state index in [1.54, 1.807) is 12.1 Å². The molecule has 0 saturated carbocycles. The maximum Gasteiger partial charge on any atom is 0.291 e. The van der Waals surface area contributed by atoms with Gasteiger partial charge in [0.2, 0.25) is 0 Å². The summed E-state index contributed by atoms with van der Waals surface area (Å²) in [6.07, 6.45) is 0. The smallest absolute Gasteiger partial charge is 0.291 e. The molecule has 0 fully saturated rings. The molecule has 0 spiro atoms. The van der Waals surface area contributed by atoms with Gasteiger partial charge in [0.1, 0.15) is 5.76 Å². The molecule has 1 heterocycles. The first kappa shape index (κ1) is 12.9. The second kappa shape index (κ2) is 5.40. The van der Waals surface area contributed by atoms with Crippen molar-refractivity contribution in [1.29, 1.82) is 0 Å². The van der Waals surface area contributed by atoms with Gasteiger partial charge in [-0.15, -0.1) is 0 Å². The Morgan fingerprint density at radius 1 is 1.28 bits per heavy atom. The summed E-state index contributed by atoms with van der Waals surface area (Å²) in [5, 5.41) is 2.86. The number of aryl methyl sites for hydroxylation is 1. The SMILES string of the molecule is Cc1ccc(C(=O)Nc2ccccc2C(C)Br)o1. The van der Waals surface area contributed by atoms with Gasteiger partial charge in [0.05, 0.1) is 0 Å². The molecule has 2 rings (SSSR count). The van der Waals surface area contributed by atoms with Crippen LogP contribution in [-0.2, 0) is 0 Å². The molecule has 1 aromatic carbocycles. The third kappa shape index (κ3) is 2.82. The van der Waals surface area contributed by atoms with Crippen molar-refractivity contribution in [2.45, 2.75) is 18.7 Å². The summed E-state index contributed by atoms with van der Waals surface area (Å²) >= 11 is 3.51. The van der Waals surface area contributed by atoms with Crippen molar-refractivity contribution < 1.29 is 9.21 Å². The Hall–Kier alpha value is -1.55. The van der Waals surface area contributed by atoms with Crippen molar-refractivity contribution in [2.75, 3.05) is 5.32 Å². The number of amides is 1. The lowest BCUT2D eigenvalue weighted by Crippen LogP contribution is -2.12. The topological polar surface area (TPSA) is 42.2 Å². The molecule has 0 radical (unpaired) electrons. The second-order valence-electron chi connectivity index (χ2n) is 4.07. The van der Waals surface area contributed by atoms with Crippen molar-refractivity contribution in [3.63, 3.8) is 0 Å². The highest BCUT2D eigenvalue weighted by molar-refractivity contribution is 9.09. The Morgan fingerprint density at radius 2 is 2.00 bits per heavy atom. The summed E-state index contributed by atoms with van der Waals surface area (Å²) in [5.74, 6) is 0.815. The lowest BCUT2D eigenvalue weighted by atomic mass is 10.1. The summed E-state index contributed by atoms with van der Waals surface area (Å²) in [5.41, 5.74) is 1.83. The van der Waals surface area contributed by atoms with E-state index in [0.717, 1.165) is 17.0 Å². The number of rotatable bonds is 3. The molecule has 0 aliphatic rings. The van der Waals surface area contributed by atoms with Gasteiger partial charge in [0.15, 0.2) is 5.76 Å². The number of carbonyl (C=O) groups is 1. The van der Waals surface area contributed by atoms with E-state index in [2.05, 4.69) is 21.2 Å². The molecule has 1 atom stereocenters. The van der Waals surface area contributed by atoms with E-state index in [9.17, 15) is 4.79 Å². The molecule has 3 nitrogen and oxygen atoms in total. The number of carbonyl (C=O) groups excluding carboxylic acids is 1. The number of hydrogen-bond acceptors (Lipinski definition) is 2. The number of nitrogens with one attached hydrogen (secondary N) is 1. The van der Waals surface area contributed by atoms with Crippen molar-refractivity contribution in [1.82, 2.24) is 0 Å². The highest BCUT2D eigenvalue weighted by Crippen LogP contribution is 2.28. The number of anilines is 1. The third-order valence-corrected chi connectivity index (χ3v) is 3.09. The van der Waals surface area contributed by atoms with Gasteiger partial charge < -0.3 is 9.73 Å². The molecular formula is C14H14BrNO2. The standard InChI is InChI=1S/C14H14BrNO2/c1-9-7-8-13(18-9)14(17)16-12-6-4-3-5-11(12)10(2)15/h3-8,10H,1-2H3,(H,16,17). The second-order valence-corrected chi connectivity index (χ2v) is 5.44. The van der Waals surface area contributed by atoms with Crippen LogP contribution in [0.5, 0.6) is 0 Å². The van der Waals surface area contributed by atoms with Gasteiger partial charge in [0, 0.05) is 10.5 Å². The van der Waals surface area contributed by atoms with E-state index < -0.39 is 0 Å². The largest absolute Gasteiger partial charge is 0.456 e. The summed E-state index contributed by atoms with van der Waals surface area (Å²) in [6.45, 7) is 3.83. The lowest BCUT2D eigenvalue weighted by Gasteiger charge is -2.11. The minimum absolute atomic E-state index is 0.173. The summed E-state index contributed by atoms with van der Waals surface area (Å²) in [4.78, 5) is 12.2. The van der Waals surface area contributed by atoms with E-state index in [-0.39, 0.29) is 10.7 Å².